The number of nitrogens with one attached hydrogen (secondary N) is 1. The number of aromatic nitrogens is 2. The van der Waals surface area contributed by atoms with Crippen LogP contribution in [-0.4, -0.2) is 9.78 Å². The molecule has 0 aromatic carbocycles. The van der Waals surface area contributed by atoms with E-state index in [1.807, 2.05) is 0 Å². The molecule has 0 bridgehead atoms. The SMILES string of the molecule is CC(C)Cn1[nH]c(C2CC2)cc1=S. The molecule has 1 aromatic heterocycles. The largest absolute Gasteiger partial charge is 0.301 e. The number of hydrogen-bond donors (Lipinski definition) is 1. The molecule has 0 atom stereocenters. The fourth-order valence-corrected chi connectivity index (χ4v) is 1.81. The minimum atomic E-state index is 0.650. The van der Waals surface area contributed by atoms with Crippen molar-refractivity contribution >= 4 is 12.2 Å². The first kappa shape index (κ1) is 9.00. The second kappa shape index (κ2) is 3.29. The monoisotopic (exact) mass is 196 g/mol. The third-order valence-electron chi connectivity index (χ3n) is 2.37. The summed E-state index contributed by atoms with van der Waals surface area (Å²) in [6.07, 6.45) is 2.66. The molecule has 1 aliphatic carbocycles. The van der Waals surface area contributed by atoms with E-state index in [2.05, 4.69) is 29.7 Å². The second-order valence-electron chi connectivity index (χ2n) is 4.33. The Bertz CT molecular complexity index is 344. The van der Waals surface area contributed by atoms with E-state index in [1.165, 1.54) is 18.5 Å². The Morgan fingerprint density at radius 1 is 1.62 bits per heavy atom. The molecule has 1 fully saturated rings. The van der Waals surface area contributed by atoms with Crippen molar-refractivity contribution in [1.29, 1.82) is 0 Å². The zero-order chi connectivity index (χ0) is 9.42. The van der Waals surface area contributed by atoms with Gasteiger partial charge in [-0.25, -0.2) is 0 Å². The fourth-order valence-electron chi connectivity index (χ4n) is 1.56. The standard InChI is InChI=1S/C10H16N2S/c1-7(2)6-12-10(13)5-9(11-12)8-3-4-8/h5,7-8,11H,3-4,6H2,1-2H3. The molecular formula is C10H16N2S. The van der Waals surface area contributed by atoms with Gasteiger partial charge in [-0.3, -0.25) is 4.68 Å². The molecule has 0 saturated heterocycles. The van der Waals surface area contributed by atoms with Crippen LogP contribution in [0.25, 0.3) is 0 Å². The predicted molar refractivity (Wildman–Crippen MR) is 56.4 cm³/mol. The van der Waals surface area contributed by atoms with Gasteiger partial charge in [-0.05, 0) is 24.8 Å². The van der Waals surface area contributed by atoms with Crippen molar-refractivity contribution in [2.75, 3.05) is 0 Å². The zero-order valence-corrected chi connectivity index (χ0v) is 9.03. The van der Waals surface area contributed by atoms with Crippen LogP contribution in [0.1, 0.15) is 38.3 Å². The van der Waals surface area contributed by atoms with Crippen molar-refractivity contribution in [3.63, 3.8) is 0 Å². The highest BCUT2D eigenvalue weighted by Gasteiger charge is 2.25. The highest BCUT2D eigenvalue weighted by Crippen LogP contribution is 2.39. The van der Waals surface area contributed by atoms with E-state index in [1.54, 1.807) is 0 Å². The lowest BCUT2D eigenvalue weighted by atomic mass is 10.2. The third-order valence-corrected chi connectivity index (χ3v) is 2.71. The average molecular weight is 196 g/mol. The molecule has 1 aliphatic rings. The zero-order valence-electron chi connectivity index (χ0n) is 8.21. The molecule has 13 heavy (non-hydrogen) atoms. The van der Waals surface area contributed by atoms with Gasteiger partial charge in [0, 0.05) is 18.2 Å². The van der Waals surface area contributed by atoms with Gasteiger partial charge < -0.3 is 5.10 Å². The van der Waals surface area contributed by atoms with Gasteiger partial charge in [-0.2, -0.15) is 0 Å². The Labute approximate surface area is 83.9 Å². The first-order valence-electron chi connectivity index (χ1n) is 4.96. The quantitative estimate of drug-likeness (QED) is 0.737. The van der Waals surface area contributed by atoms with Gasteiger partial charge in [0.05, 0.1) is 0 Å². The first-order chi connectivity index (χ1) is 6.16. The lowest BCUT2D eigenvalue weighted by molar-refractivity contribution is 0.476. The van der Waals surface area contributed by atoms with E-state index in [0.29, 0.717) is 5.92 Å². The first-order valence-corrected chi connectivity index (χ1v) is 5.37. The Morgan fingerprint density at radius 2 is 2.31 bits per heavy atom. The smallest absolute Gasteiger partial charge is 0.122 e. The van der Waals surface area contributed by atoms with Gasteiger partial charge in [0.15, 0.2) is 0 Å². The molecule has 3 heteroatoms. The molecule has 1 saturated carbocycles. The summed E-state index contributed by atoms with van der Waals surface area (Å²) < 4.78 is 3.05. The summed E-state index contributed by atoms with van der Waals surface area (Å²) >= 11 is 5.27. The summed E-state index contributed by atoms with van der Waals surface area (Å²) in [6, 6.07) is 2.12. The lowest BCUT2D eigenvalue weighted by Gasteiger charge is -2.05. The fraction of sp³-hybridized carbons (Fsp3) is 0.700. The van der Waals surface area contributed by atoms with E-state index in [9.17, 15) is 0 Å². The van der Waals surface area contributed by atoms with Crippen LogP contribution in [0.4, 0.5) is 0 Å². The van der Waals surface area contributed by atoms with Crippen molar-refractivity contribution in [3.8, 4) is 0 Å². The molecule has 0 unspecified atom stereocenters. The maximum atomic E-state index is 5.27. The molecule has 2 nitrogen and oxygen atoms in total. The summed E-state index contributed by atoms with van der Waals surface area (Å²) in [7, 11) is 0. The summed E-state index contributed by atoms with van der Waals surface area (Å²) in [5, 5.41) is 3.39. The van der Waals surface area contributed by atoms with E-state index in [-0.39, 0.29) is 0 Å². The Morgan fingerprint density at radius 3 is 2.85 bits per heavy atom. The van der Waals surface area contributed by atoms with Crippen LogP contribution in [0, 0.1) is 10.6 Å². The maximum Gasteiger partial charge on any atom is 0.122 e. The molecule has 0 aliphatic heterocycles. The van der Waals surface area contributed by atoms with Gasteiger partial charge in [-0.1, -0.05) is 26.1 Å². The van der Waals surface area contributed by atoms with Gasteiger partial charge in [-0.15, -0.1) is 0 Å². The molecular weight excluding hydrogens is 180 g/mol. The van der Waals surface area contributed by atoms with Crippen molar-refractivity contribution in [2.45, 2.75) is 39.2 Å². The molecule has 0 amide bonds. The summed E-state index contributed by atoms with van der Waals surface area (Å²) in [5.74, 6) is 1.42. The minimum absolute atomic E-state index is 0.650. The van der Waals surface area contributed by atoms with Crippen LogP contribution in [0.2, 0.25) is 0 Å². The van der Waals surface area contributed by atoms with Gasteiger partial charge in [0.1, 0.15) is 4.64 Å². The van der Waals surface area contributed by atoms with Gasteiger partial charge >= 0.3 is 0 Å². The molecule has 1 N–H and O–H groups in total. The topological polar surface area (TPSA) is 20.7 Å². The summed E-state index contributed by atoms with van der Waals surface area (Å²) in [5.41, 5.74) is 1.34. The van der Waals surface area contributed by atoms with E-state index >= 15 is 0 Å². The van der Waals surface area contributed by atoms with Crippen molar-refractivity contribution in [1.82, 2.24) is 9.78 Å². The van der Waals surface area contributed by atoms with E-state index in [4.69, 9.17) is 12.2 Å². The minimum Gasteiger partial charge on any atom is -0.301 e. The molecule has 0 spiro atoms. The summed E-state index contributed by atoms with van der Waals surface area (Å²) in [4.78, 5) is 0. The maximum absolute atomic E-state index is 5.27. The highest BCUT2D eigenvalue weighted by molar-refractivity contribution is 7.71. The van der Waals surface area contributed by atoms with Gasteiger partial charge in [0.2, 0.25) is 0 Å². The summed E-state index contributed by atoms with van der Waals surface area (Å²) in [6.45, 7) is 5.42. The second-order valence-corrected chi connectivity index (χ2v) is 4.75. The predicted octanol–water partition coefficient (Wildman–Crippen LogP) is 3.08. The number of rotatable bonds is 3. The lowest BCUT2D eigenvalue weighted by Crippen LogP contribution is -2.06. The Hall–Kier alpha value is -0.570. The highest BCUT2D eigenvalue weighted by atomic mass is 32.1. The molecule has 0 radical (unpaired) electrons. The van der Waals surface area contributed by atoms with E-state index in [0.717, 1.165) is 17.1 Å². The molecule has 2 rings (SSSR count). The average Bonchev–Trinajstić information content (AvgIpc) is 2.79. The van der Waals surface area contributed by atoms with Crippen molar-refractivity contribution < 1.29 is 0 Å². The number of hydrogen-bond acceptors (Lipinski definition) is 1. The van der Waals surface area contributed by atoms with Crippen LogP contribution in [0.5, 0.6) is 0 Å². The molecule has 72 valence electrons. The number of H-pyrrole nitrogens is 1. The van der Waals surface area contributed by atoms with Crippen LogP contribution in [0.3, 0.4) is 0 Å². The van der Waals surface area contributed by atoms with Crippen LogP contribution >= 0.6 is 12.2 Å². The molecule has 1 heterocycles. The normalized spacial score (nSPS) is 16.8. The van der Waals surface area contributed by atoms with Crippen molar-refractivity contribution in [2.24, 2.45) is 5.92 Å². The van der Waals surface area contributed by atoms with Crippen molar-refractivity contribution in [3.05, 3.63) is 16.4 Å². The van der Waals surface area contributed by atoms with Crippen LogP contribution in [0.15, 0.2) is 6.07 Å². The van der Waals surface area contributed by atoms with E-state index < -0.39 is 0 Å². The number of nitrogens with zero attached hydrogens (tertiary/aromatic N) is 1. The number of aromatic amines is 1. The van der Waals surface area contributed by atoms with Crippen LogP contribution < -0.4 is 0 Å². The third kappa shape index (κ3) is 2.02. The molecule has 1 aromatic rings. The Balaban J connectivity index is 2.20. The van der Waals surface area contributed by atoms with Crippen LogP contribution in [-0.2, 0) is 6.54 Å². The van der Waals surface area contributed by atoms with Gasteiger partial charge in [0.25, 0.3) is 0 Å². The Kier molecular flexibility index (Phi) is 2.28.